The van der Waals surface area contributed by atoms with Crippen molar-refractivity contribution in [1.82, 2.24) is 9.62 Å². The minimum absolute atomic E-state index is 0.0172. The molecule has 0 radical (unpaired) electrons. The monoisotopic (exact) mass is 376 g/mol. The zero-order valence-electron chi connectivity index (χ0n) is 15.9. The minimum Gasteiger partial charge on any atom is -0.494 e. The van der Waals surface area contributed by atoms with Crippen molar-refractivity contribution in [3.63, 3.8) is 0 Å². The molecule has 6 heteroatoms. The molecule has 1 atom stereocenters. The molecule has 2 aromatic carbocycles. The van der Waals surface area contributed by atoms with E-state index in [9.17, 15) is 8.42 Å². The highest BCUT2D eigenvalue weighted by Gasteiger charge is 2.18. The third-order valence-corrected chi connectivity index (χ3v) is 5.49. The summed E-state index contributed by atoms with van der Waals surface area (Å²) in [5, 5.41) is 0. The molecule has 1 N–H and O–H groups in total. The molecule has 0 saturated carbocycles. The molecule has 5 nitrogen and oxygen atoms in total. The number of nitrogens with zero attached hydrogens (tertiary/aromatic N) is 1. The van der Waals surface area contributed by atoms with Crippen LogP contribution in [-0.2, 0) is 15.8 Å². The first-order valence-electron chi connectivity index (χ1n) is 8.73. The highest BCUT2D eigenvalue weighted by Crippen LogP contribution is 2.21. The summed E-state index contributed by atoms with van der Waals surface area (Å²) in [6.45, 7) is 4.86. The Morgan fingerprint density at radius 2 is 1.65 bits per heavy atom. The van der Waals surface area contributed by atoms with Gasteiger partial charge in [0.1, 0.15) is 5.75 Å². The van der Waals surface area contributed by atoms with Gasteiger partial charge in [-0.25, -0.2) is 13.1 Å². The van der Waals surface area contributed by atoms with Gasteiger partial charge in [-0.2, -0.15) is 0 Å². The van der Waals surface area contributed by atoms with Crippen LogP contribution in [-0.4, -0.2) is 40.6 Å². The van der Waals surface area contributed by atoms with Crippen molar-refractivity contribution in [2.24, 2.45) is 0 Å². The van der Waals surface area contributed by atoms with Gasteiger partial charge in [-0.1, -0.05) is 42.0 Å². The van der Waals surface area contributed by atoms with Crippen LogP contribution in [0.1, 0.15) is 29.7 Å². The van der Waals surface area contributed by atoms with E-state index < -0.39 is 10.0 Å². The quantitative estimate of drug-likeness (QED) is 0.731. The minimum atomic E-state index is -3.40. The third-order valence-electron chi connectivity index (χ3n) is 4.17. The highest BCUT2D eigenvalue weighted by molar-refractivity contribution is 7.88. The maximum atomic E-state index is 12.4. The van der Waals surface area contributed by atoms with Gasteiger partial charge in [-0.15, -0.1) is 0 Å². The summed E-state index contributed by atoms with van der Waals surface area (Å²) in [4.78, 5) is 2.00. The SMILES string of the molecule is CCOc1ccc(C(CNS(=O)(=O)Cc2ccc(C)cc2)N(C)C)cc1. The van der Waals surface area contributed by atoms with Gasteiger partial charge in [-0.3, -0.25) is 0 Å². The van der Waals surface area contributed by atoms with Crippen molar-refractivity contribution in [1.29, 1.82) is 0 Å². The van der Waals surface area contributed by atoms with Gasteiger partial charge in [0.25, 0.3) is 0 Å². The maximum absolute atomic E-state index is 12.4. The Morgan fingerprint density at radius 3 is 2.19 bits per heavy atom. The van der Waals surface area contributed by atoms with Crippen molar-refractivity contribution in [3.05, 3.63) is 65.2 Å². The Morgan fingerprint density at radius 1 is 1.04 bits per heavy atom. The summed E-state index contributed by atoms with van der Waals surface area (Å²) in [6, 6.07) is 15.3. The van der Waals surface area contributed by atoms with Gasteiger partial charge in [0.2, 0.25) is 10.0 Å². The number of rotatable bonds is 9. The molecule has 0 aromatic heterocycles. The smallest absolute Gasteiger partial charge is 0.215 e. The molecule has 0 fully saturated rings. The number of nitrogens with one attached hydrogen (secondary N) is 1. The van der Waals surface area contributed by atoms with E-state index in [0.29, 0.717) is 13.2 Å². The van der Waals surface area contributed by atoms with Crippen LogP contribution >= 0.6 is 0 Å². The number of aryl methyl sites for hydroxylation is 1. The molecule has 1 unspecified atom stereocenters. The van der Waals surface area contributed by atoms with Gasteiger partial charge in [0.05, 0.1) is 12.4 Å². The lowest BCUT2D eigenvalue weighted by atomic mass is 10.1. The van der Waals surface area contributed by atoms with Crippen LogP contribution in [0.3, 0.4) is 0 Å². The molecule has 0 aliphatic rings. The highest BCUT2D eigenvalue weighted by atomic mass is 32.2. The molecule has 26 heavy (non-hydrogen) atoms. The summed E-state index contributed by atoms with van der Waals surface area (Å²) in [7, 11) is 0.478. The van der Waals surface area contributed by atoms with E-state index in [1.807, 2.05) is 81.4 Å². The van der Waals surface area contributed by atoms with Crippen LogP contribution in [0.15, 0.2) is 48.5 Å². The predicted molar refractivity (Wildman–Crippen MR) is 106 cm³/mol. The topological polar surface area (TPSA) is 58.6 Å². The second-order valence-corrected chi connectivity index (χ2v) is 8.38. The molecule has 0 spiro atoms. The Bertz CT molecular complexity index is 785. The fraction of sp³-hybridized carbons (Fsp3) is 0.400. The Labute approximate surface area is 157 Å². The number of likely N-dealkylation sites (N-methyl/N-ethyl adjacent to an activating group) is 1. The fourth-order valence-corrected chi connectivity index (χ4v) is 3.86. The molecule has 0 aliphatic heterocycles. The van der Waals surface area contributed by atoms with Gasteiger partial charge in [-0.05, 0) is 51.2 Å². The van der Waals surface area contributed by atoms with Crippen LogP contribution in [0.25, 0.3) is 0 Å². The van der Waals surface area contributed by atoms with Crippen LogP contribution < -0.4 is 9.46 Å². The fourth-order valence-electron chi connectivity index (χ4n) is 2.71. The number of hydrogen-bond acceptors (Lipinski definition) is 4. The molecular weight excluding hydrogens is 348 g/mol. The number of benzene rings is 2. The Kier molecular flexibility index (Phi) is 7.20. The Hall–Kier alpha value is -1.89. The van der Waals surface area contributed by atoms with E-state index in [4.69, 9.17) is 4.74 Å². The largest absolute Gasteiger partial charge is 0.494 e. The first-order valence-corrected chi connectivity index (χ1v) is 10.4. The van der Waals surface area contributed by atoms with E-state index in [-0.39, 0.29) is 11.8 Å². The summed E-state index contributed by atoms with van der Waals surface area (Å²) >= 11 is 0. The average Bonchev–Trinajstić information content (AvgIpc) is 2.58. The van der Waals surface area contributed by atoms with Gasteiger partial charge in [0, 0.05) is 12.6 Å². The van der Waals surface area contributed by atoms with Crippen molar-refractivity contribution in [3.8, 4) is 5.75 Å². The molecule has 2 rings (SSSR count). The van der Waals surface area contributed by atoms with E-state index in [1.165, 1.54) is 0 Å². The number of ether oxygens (including phenoxy) is 1. The lowest BCUT2D eigenvalue weighted by Gasteiger charge is -2.25. The van der Waals surface area contributed by atoms with Gasteiger partial charge < -0.3 is 9.64 Å². The maximum Gasteiger partial charge on any atom is 0.215 e. The normalized spacial score (nSPS) is 13.0. The third kappa shape index (κ3) is 6.12. The lowest BCUT2D eigenvalue weighted by molar-refractivity contribution is 0.298. The molecule has 142 valence electrons. The van der Waals surface area contributed by atoms with E-state index in [1.54, 1.807) is 0 Å². The first kappa shape index (κ1) is 20.4. The van der Waals surface area contributed by atoms with Gasteiger partial charge >= 0.3 is 0 Å². The van der Waals surface area contributed by atoms with E-state index in [2.05, 4.69) is 4.72 Å². The molecule has 2 aromatic rings. The van der Waals surface area contributed by atoms with Crippen molar-refractivity contribution in [2.75, 3.05) is 27.2 Å². The summed E-state index contributed by atoms with van der Waals surface area (Å²) in [5.41, 5.74) is 2.93. The molecule has 0 heterocycles. The number of hydrogen-bond donors (Lipinski definition) is 1. The standard InChI is InChI=1S/C20H28N2O3S/c1-5-25-19-12-10-18(11-13-19)20(22(3)4)14-21-26(23,24)15-17-8-6-16(2)7-9-17/h6-13,20-21H,5,14-15H2,1-4H3. The van der Waals surface area contributed by atoms with E-state index >= 15 is 0 Å². The second kappa shape index (κ2) is 9.16. The lowest BCUT2D eigenvalue weighted by Crippen LogP contribution is -2.35. The molecule has 0 aliphatic carbocycles. The summed E-state index contributed by atoms with van der Waals surface area (Å²) in [5.74, 6) is 0.796. The second-order valence-electron chi connectivity index (χ2n) is 6.57. The average molecular weight is 377 g/mol. The van der Waals surface area contributed by atoms with Gasteiger partial charge in [0.15, 0.2) is 0 Å². The van der Waals surface area contributed by atoms with Crippen molar-refractivity contribution < 1.29 is 13.2 Å². The van der Waals surface area contributed by atoms with Crippen LogP contribution in [0, 0.1) is 6.92 Å². The van der Waals surface area contributed by atoms with Crippen molar-refractivity contribution in [2.45, 2.75) is 25.6 Å². The van der Waals surface area contributed by atoms with Crippen LogP contribution in [0.2, 0.25) is 0 Å². The predicted octanol–water partition coefficient (Wildman–Crippen LogP) is 3.12. The summed E-state index contributed by atoms with van der Waals surface area (Å²) in [6.07, 6.45) is 0. The molecule has 0 bridgehead atoms. The van der Waals surface area contributed by atoms with Crippen molar-refractivity contribution >= 4 is 10.0 Å². The zero-order chi connectivity index (χ0) is 19.2. The zero-order valence-corrected chi connectivity index (χ0v) is 16.7. The van der Waals surface area contributed by atoms with Crippen LogP contribution in [0.4, 0.5) is 0 Å². The van der Waals surface area contributed by atoms with E-state index in [0.717, 1.165) is 22.4 Å². The number of sulfonamides is 1. The molecule has 0 amide bonds. The Balaban J connectivity index is 2.03. The molecular formula is C20H28N2O3S. The summed E-state index contributed by atoms with van der Waals surface area (Å²) < 4.78 is 33.1. The van der Waals surface area contributed by atoms with Crippen LogP contribution in [0.5, 0.6) is 5.75 Å². The first-order chi connectivity index (χ1) is 12.3. The molecule has 0 saturated heterocycles.